The van der Waals surface area contributed by atoms with E-state index in [-0.39, 0.29) is 5.91 Å². The average molecular weight is 374 g/mol. The fraction of sp³-hybridized carbons (Fsp3) is 0.316. The normalized spacial score (nSPS) is 16.2. The lowest BCUT2D eigenvalue weighted by atomic mass is 10.1. The molecule has 120 valence electrons. The van der Waals surface area contributed by atoms with Crippen LogP contribution in [0.25, 0.3) is 0 Å². The summed E-state index contributed by atoms with van der Waals surface area (Å²) in [6, 6.07) is 18.4. The summed E-state index contributed by atoms with van der Waals surface area (Å²) in [4.78, 5) is 14.0. The van der Waals surface area contributed by atoms with Gasteiger partial charge in [0.25, 0.3) is 5.91 Å². The highest BCUT2D eigenvalue weighted by Crippen LogP contribution is 2.13. The van der Waals surface area contributed by atoms with Crippen LogP contribution in [0, 0.1) is 0 Å². The largest absolute Gasteiger partial charge is 0.346 e. The first-order valence-corrected chi connectivity index (χ1v) is 8.96. The molecule has 4 heteroatoms. The van der Waals surface area contributed by atoms with Crippen LogP contribution in [0.4, 0.5) is 0 Å². The Labute approximate surface area is 145 Å². The van der Waals surface area contributed by atoms with Crippen LogP contribution in [-0.2, 0) is 0 Å². The van der Waals surface area contributed by atoms with E-state index in [0.717, 1.165) is 4.47 Å². The Morgan fingerprint density at radius 2 is 1.83 bits per heavy atom. The maximum atomic E-state index is 12.4. The third kappa shape index (κ3) is 4.21. The van der Waals surface area contributed by atoms with Gasteiger partial charge in [-0.1, -0.05) is 52.3 Å². The lowest BCUT2D eigenvalue weighted by molar-refractivity contribution is -0.918. The Hall–Kier alpha value is -1.65. The molecule has 0 spiro atoms. The third-order valence-corrected chi connectivity index (χ3v) is 4.99. The van der Waals surface area contributed by atoms with E-state index in [9.17, 15) is 4.79 Å². The van der Waals surface area contributed by atoms with Crippen molar-refractivity contribution in [2.45, 2.75) is 18.9 Å². The van der Waals surface area contributed by atoms with Crippen LogP contribution in [0.15, 0.2) is 59.1 Å². The Kier molecular flexibility index (Phi) is 5.47. The van der Waals surface area contributed by atoms with E-state index in [2.05, 4.69) is 45.5 Å². The second-order valence-corrected chi connectivity index (χ2v) is 6.96. The molecule has 1 amide bonds. The van der Waals surface area contributed by atoms with Crippen molar-refractivity contribution in [2.75, 3.05) is 19.6 Å². The van der Waals surface area contributed by atoms with Gasteiger partial charge in [0.15, 0.2) is 0 Å². The van der Waals surface area contributed by atoms with Crippen molar-refractivity contribution in [3.05, 3.63) is 70.2 Å². The SMILES string of the molecule is O=C(NC[C@@H](c1ccccc1)[NH+]1CCCC1)c1cccc(Br)c1. The van der Waals surface area contributed by atoms with Crippen molar-refractivity contribution in [1.29, 1.82) is 0 Å². The molecule has 2 aromatic rings. The first kappa shape index (κ1) is 16.2. The molecule has 0 aliphatic carbocycles. The van der Waals surface area contributed by atoms with Gasteiger partial charge >= 0.3 is 0 Å². The highest BCUT2D eigenvalue weighted by Gasteiger charge is 2.27. The smallest absolute Gasteiger partial charge is 0.251 e. The van der Waals surface area contributed by atoms with Gasteiger partial charge in [-0.3, -0.25) is 4.79 Å². The number of hydrogen-bond donors (Lipinski definition) is 2. The number of carbonyl (C=O) groups excluding carboxylic acids is 1. The number of benzene rings is 2. The molecule has 0 saturated carbocycles. The predicted molar refractivity (Wildman–Crippen MR) is 95.6 cm³/mol. The zero-order chi connectivity index (χ0) is 16.1. The first-order chi connectivity index (χ1) is 11.2. The van der Waals surface area contributed by atoms with Crippen molar-refractivity contribution in [3.63, 3.8) is 0 Å². The van der Waals surface area contributed by atoms with E-state index in [0.29, 0.717) is 18.2 Å². The Balaban J connectivity index is 1.70. The number of halogens is 1. The summed E-state index contributed by atoms with van der Waals surface area (Å²) >= 11 is 3.42. The molecular weight excluding hydrogens is 352 g/mol. The van der Waals surface area contributed by atoms with Gasteiger partial charge in [0.2, 0.25) is 0 Å². The van der Waals surface area contributed by atoms with E-state index in [1.54, 1.807) is 4.90 Å². The quantitative estimate of drug-likeness (QED) is 0.829. The summed E-state index contributed by atoms with van der Waals surface area (Å²) in [7, 11) is 0. The molecule has 1 saturated heterocycles. The molecule has 0 radical (unpaired) electrons. The molecule has 23 heavy (non-hydrogen) atoms. The zero-order valence-electron chi connectivity index (χ0n) is 13.1. The maximum Gasteiger partial charge on any atom is 0.251 e. The minimum absolute atomic E-state index is 0.00849. The minimum Gasteiger partial charge on any atom is -0.346 e. The van der Waals surface area contributed by atoms with Crippen LogP contribution in [0.3, 0.4) is 0 Å². The van der Waals surface area contributed by atoms with E-state index in [1.165, 1.54) is 31.5 Å². The molecule has 0 bridgehead atoms. The molecule has 0 unspecified atom stereocenters. The Bertz CT molecular complexity index is 653. The van der Waals surface area contributed by atoms with E-state index >= 15 is 0 Å². The summed E-state index contributed by atoms with van der Waals surface area (Å²) in [5.74, 6) is -0.00849. The molecule has 1 fully saturated rings. The van der Waals surface area contributed by atoms with Gasteiger partial charge in [0.05, 0.1) is 19.6 Å². The van der Waals surface area contributed by atoms with Gasteiger partial charge in [0.1, 0.15) is 6.04 Å². The summed E-state index contributed by atoms with van der Waals surface area (Å²) in [5.41, 5.74) is 2.00. The van der Waals surface area contributed by atoms with Gasteiger partial charge < -0.3 is 10.2 Å². The summed E-state index contributed by atoms with van der Waals surface area (Å²) in [6.45, 7) is 3.04. The summed E-state index contributed by atoms with van der Waals surface area (Å²) < 4.78 is 0.926. The molecule has 0 aromatic heterocycles. The molecule has 2 N–H and O–H groups in total. The van der Waals surface area contributed by atoms with Crippen LogP contribution in [0.1, 0.15) is 34.8 Å². The molecular formula is C19H22BrN2O+. The van der Waals surface area contributed by atoms with Gasteiger partial charge in [-0.25, -0.2) is 0 Å². The molecule has 1 aliphatic heterocycles. The van der Waals surface area contributed by atoms with Crippen LogP contribution in [-0.4, -0.2) is 25.5 Å². The number of carbonyl (C=O) groups is 1. The number of nitrogens with one attached hydrogen (secondary N) is 2. The van der Waals surface area contributed by atoms with Crippen molar-refractivity contribution < 1.29 is 9.69 Å². The summed E-state index contributed by atoms with van der Waals surface area (Å²) in [6.07, 6.45) is 2.55. The van der Waals surface area contributed by atoms with E-state index in [1.807, 2.05) is 30.3 Å². The van der Waals surface area contributed by atoms with Gasteiger partial charge in [-0.05, 0) is 18.2 Å². The van der Waals surface area contributed by atoms with Crippen molar-refractivity contribution in [3.8, 4) is 0 Å². The van der Waals surface area contributed by atoms with Crippen molar-refractivity contribution in [1.82, 2.24) is 5.32 Å². The number of amides is 1. The molecule has 3 nitrogen and oxygen atoms in total. The van der Waals surface area contributed by atoms with Crippen LogP contribution < -0.4 is 10.2 Å². The molecule has 1 heterocycles. The van der Waals surface area contributed by atoms with Crippen LogP contribution in [0.2, 0.25) is 0 Å². The standard InChI is InChI=1S/C19H21BrN2O/c20-17-10-6-9-16(13-17)19(23)21-14-18(22-11-4-5-12-22)15-7-2-1-3-8-15/h1-3,6-10,13,18H,4-5,11-12,14H2,(H,21,23)/p+1/t18-/m0/s1. The lowest BCUT2D eigenvalue weighted by Gasteiger charge is -2.25. The third-order valence-electron chi connectivity index (χ3n) is 4.49. The van der Waals surface area contributed by atoms with Gasteiger partial charge in [-0.15, -0.1) is 0 Å². The molecule has 1 atom stereocenters. The second-order valence-electron chi connectivity index (χ2n) is 6.05. The van der Waals surface area contributed by atoms with Crippen molar-refractivity contribution in [2.24, 2.45) is 0 Å². The van der Waals surface area contributed by atoms with E-state index in [4.69, 9.17) is 0 Å². The number of rotatable bonds is 5. The lowest BCUT2D eigenvalue weighted by Crippen LogP contribution is -3.11. The van der Waals surface area contributed by atoms with Crippen molar-refractivity contribution >= 4 is 21.8 Å². The van der Waals surface area contributed by atoms with Gasteiger partial charge in [0, 0.05) is 28.4 Å². The van der Waals surface area contributed by atoms with Crippen LogP contribution in [0.5, 0.6) is 0 Å². The van der Waals surface area contributed by atoms with E-state index < -0.39 is 0 Å². The average Bonchev–Trinajstić information content (AvgIpc) is 3.10. The fourth-order valence-electron chi connectivity index (χ4n) is 3.29. The molecule has 3 rings (SSSR count). The minimum atomic E-state index is -0.00849. The first-order valence-electron chi connectivity index (χ1n) is 8.17. The highest BCUT2D eigenvalue weighted by molar-refractivity contribution is 9.10. The zero-order valence-corrected chi connectivity index (χ0v) is 14.7. The number of quaternary nitrogens is 1. The molecule has 1 aliphatic rings. The fourth-order valence-corrected chi connectivity index (χ4v) is 3.69. The monoisotopic (exact) mass is 373 g/mol. The van der Waals surface area contributed by atoms with Gasteiger partial charge in [-0.2, -0.15) is 0 Å². The number of likely N-dealkylation sites (tertiary alicyclic amines) is 1. The second kappa shape index (κ2) is 7.75. The summed E-state index contributed by atoms with van der Waals surface area (Å²) in [5, 5.41) is 3.12. The topological polar surface area (TPSA) is 33.5 Å². The Morgan fingerprint density at radius 1 is 1.09 bits per heavy atom. The predicted octanol–water partition coefficient (Wildman–Crippen LogP) is 2.60. The highest BCUT2D eigenvalue weighted by atomic mass is 79.9. The Morgan fingerprint density at radius 3 is 2.52 bits per heavy atom. The maximum absolute atomic E-state index is 12.4. The molecule has 2 aromatic carbocycles. The number of hydrogen-bond acceptors (Lipinski definition) is 1. The van der Waals surface area contributed by atoms with Crippen LogP contribution >= 0.6 is 15.9 Å².